The molecule has 3 nitrogen and oxygen atoms in total. The van der Waals surface area contributed by atoms with E-state index in [1.54, 1.807) is 7.11 Å². The summed E-state index contributed by atoms with van der Waals surface area (Å²) in [4.78, 5) is 0. The third-order valence-electron chi connectivity index (χ3n) is 3.01. The first-order valence-electron chi connectivity index (χ1n) is 6.47. The summed E-state index contributed by atoms with van der Waals surface area (Å²) in [5.41, 5.74) is 7.75. The molecule has 2 N–H and O–H groups in total. The van der Waals surface area contributed by atoms with Crippen LogP contribution >= 0.6 is 15.9 Å². The Hall–Kier alpha value is -1.52. The molecule has 2 aromatic carbocycles. The molecule has 0 saturated carbocycles. The third-order valence-corrected chi connectivity index (χ3v) is 3.51. The summed E-state index contributed by atoms with van der Waals surface area (Å²) in [7, 11) is 1.66. The molecule has 0 unspecified atom stereocenters. The van der Waals surface area contributed by atoms with E-state index in [9.17, 15) is 0 Å². The van der Waals surface area contributed by atoms with Gasteiger partial charge in [-0.1, -0.05) is 34.1 Å². The maximum atomic E-state index is 5.92. The SMILES string of the molecule is COc1ccc(Br)cc1COc1ccccc1CCN. The molecule has 0 aliphatic heterocycles. The fraction of sp³-hybridized carbons (Fsp3) is 0.250. The smallest absolute Gasteiger partial charge is 0.125 e. The number of hydrogen-bond acceptors (Lipinski definition) is 3. The molecule has 0 bridgehead atoms. The molecule has 0 aliphatic rings. The second-order valence-electron chi connectivity index (χ2n) is 4.39. The highest BCUT2D eigenvalue weighted by Gasteiger charge is 2.07. The van der Waals surface area contributed by atoms with Crippen molar-refractivity contribution in [3.63, 3.8) is 0 Å². The predicted octanol–water partition coefficient (Wildman–Crippen LogP) is 3.54. The Labute approximate surface area is 127 Å². The summed E-state index contributed by atoms with van der Waals surface area (Å²) in [6, 6.07) is 13.9. The van der Waals surface area contributed by atoms with Gasteiger partial charge in [0.2, 0.25) is 0 Å². The van der Waals surface area contributed by atoms with E-state index in [0.717, 1.165) is 33.5 Å². The molecular formula is C16H18BrNO2. The van der Waals surface area contributed by atoms with E-state index >= 15 is 0 Å². The summed E-state index contributed by atoms with van der Waals surface area (Å²) >= 11 is 3.46. The zero-order valence-electron chi connectivity index (χ0n) is 11.4. The molecule has 4 heteroatoms. The normalized spacial score (nSPS) is 10.3. The summed E-state index contributed by atoms with van der Waals surface area (Å²) in [5, 5.41) is 0. The van der Waals surface area contributed by atoms with Gasteiger partial charge in [0.05, 0.1) is 7.11 Å². The molecule has 0 aliphatic carbocycles. The zero-order chi connectivity index (χ0) is 14.4. The Kier molecular flexibility index (Phi) is 5.44. The van der Waals surface area contributed by atoms with Crippen LogP contribution in [0.25, 0.3) is 0 Å². The second kappa shape index (κ2) is 7.31. The molecule has 2 aromatic rings. The molecule has 20 heavy (non-hydrogen) atoms. The van der Waals surface area contributed by atoms with Crippen molar-refractivity contribution in [2.45, 2.75) is 13.0 Å². The van der Waals surface area contributed by atoms with E-state index in [0.29, 0.717) is 13.2 Å². The lowest BCUT2D eigenvalue weighted by Crippen LogP contribution is -2.06. The van der Waals surface area contributed by atoms with Crippen molar-refractivity contribution in [2.24, 2.45) is 5.73 Å². The average Bonchev–Trinajstić information content (AvgIpc) is 2.47. The highest BCUT2D eigenvalue weighted by Crippen LogP contribution is 2.26. The molecule has 0 amide bonds. The van der Waals surface area contributed by atoms with E-state index in [1.807, 2.05) is 42.5 Å². The largest absolute Gasteiger partial charge is 0.496 e. The van der Waals surface area contributed by atoms with Crippen LogP contribution in [-0.2, 0) is 13.0 Å². The van der Waals surface area contributed by atoms with Gasteiger partial charge in [0.1, 0.15) is 18.1 Å². The van der Waals surface area contributed by atoms with Crippen LogP contribution in [0.2, 0.25) is 0 Å². The van der Waals surface area contributed by atoms with Gasteiger partial charge in [0.15, 0.2) is 0 Å². The second-order valence-corrected chi connectivity index (χ2v) is 5.31. The third kappa shape index (κ3) is 3.74. The van der Waals surface area contributed by atoms with Crippen LogP contribution in [0, 0.1) is 0 Å². The van der Waals surface area contributed by atoms with Crippen LogP contribution in [0.15, 0.2) is 46.9 Å². The summed E-state index contributed by atoms with van der Waals surface area (Å²) < 4.78 is 12.3. The Morgan fingerprint density at radius 2 is 1.85 bits per heavy atom. The van der Waals surface area contributed by atoms with Crippen LogP contribution < -0.4 is 15.2 Å². The van der Waals surface area contributed by atoms with E-state index in [4.69, 9.17) is 15.2 Å². The zero-order valence-corrected chi connectivity index (χ0v) is 13.0. The van der Waals surface area contributed by atoms with Crippen molar-refractivity contribution in [3.8, 4) is 11.5 Å². The number of methoxy groups -OCH3 is 1. The fourth-order valence-corrected chi connectivity index (χ4v) is 2.43. The minimum atomic E-state index is 0.462. The number of hydrogen-bond donors (Lipinski definition) is 1. The van der Waals surface area contributed by atoms with Gasteiger partial charge in [0, 0.05) is 10.0 Å². The van der Waals surface area contributed by atoms with Crippen molar-refractivity contribution < 1.29 is 9.47 Å². The molecule has 0 heterocycles. The number of halogens is 1. The molecule has 0 atom stereocenters. The molecular weight excluding hydrogens is 318 g/mol. The number of para-hydroxylation sites is 1. The number of rotatable bonds is 6. The minimum absolute atomic E-state index is 0.462. The molecule has 0 fully saturated rings. The number of ether oxygens (including phenoxy) is 2. The van der Waals surface area contributed by atoms with E-state index in [2.05, 4.69) is 15.9 Å². The first-order valence-corrected chi connectivity index (χ1v) is 7.27. The van der Waals surface area contributed by atoms with E-state index in [-0.39, 0.29) is 0 Å². The lowest BCUT2D eigenvalue weighted by atomic mass is 10.1. The maximum absolute atomic E-state index is 5.92. The summed E-state index contributed by atoms with van der Waals surface area (Å²) in [6.45, 7) is 1.07. The lowest BCUT2D eigenvalue weighted by molar-refractivity contribution is 0.294. The molecule has 0 radical (unpaired) electrons. The van der Waals surface area contributed by atoms with Gasteiger partial charge in [-0.3, -0.25) is 0 Å². The van der Waals surface area contributed by atoms with E-state index in [1.165, 1.54) is 0 Å². The van der Waals surface area contributed by atoms with Gasteiger partial charge < -0.3 is 15.2 Å². The van der Waals surface area contributed by atoms with Crippen LogP contribution in [0.4, 0.5) is 0 Å². The molecule has 2 rings (SSSR count). The van der Waals surface area contributed by atoms with Crippen LogP contribution in [0.3, 0.4) is 0 Å². The van der Waals surface area contributed by atoms with Gasteiger partial charge >= 0.3 is 0 Å². The monoisotopic (exact) mass is 335 g/mol. The van der Waals surface area contributed by atoms with E-state index < -0.39 is 0 Å². The molecule has 0 spiro atoms. The first-order chi connectivity index (χ1) is 9.74. The van der Waals surface area contributed by atoms with Crippen molar-refractivity contribution in [1.82, 2.24) is 0 Å². The molecule has 0 aromatic heterocycles. The summed E-state index contributed by atoms with van der Waals surface area (Å²) in [6.07, 6.45) is 0.811. The lowest BCUT2D eigenvalue weighted by Gasteiger charge is -2.13. The fourth-order valence-electron chi connectivity index (χ4n) is 2.02. The number of benzene rings is 2. The average molecular weight is 336 g/mol. The highest BCUT2D eigenvalue weighted by molar-refractivity contribution is 9.10. The van der Waals surface area contributed by atoms with Crippen molar-refractivity contribution in [2.75, 3.05) is 13.7 Å². The Bertz CT molecular complexity index is 572. The number of nitrogens with two attached hydrogens (primary N) is 1. The highest BCUT2D eigenvalue weighted by atomic mass is 79.9. The van der Waals surface area contributed by atoms with Crippen molar-refractivity contribution >= 4 is 15.9 Å². The molecule has 106 valence electrons. The van der Waals surface area contributed by atoms with Crippen LogP contribution in [0.1, 0.15) is 11.1 Å². The van der Waals surface area contributed by atoms with Gasteiger partial charge in [-0.15, -0.1) is 0 Å². The van der Waals surface area contributed by atoms with Gasteiger partial charge in [0.25, 0.3) is 0 Å². The Morgan fingerprint density at radius 1 is 1.05 bits per heavy atom. The quantitative estimate of drug-likeness (QED) is 0.878. The summed E-state index contributed by atoms with van der Waals surface area (Å²) in [5.74, 6) is 1.70. The van der Waals surface area contributed by atoms with Gasteiger partial charge in [-0.2, -0.15) is 0 Å². The Balaban J connectivity index is 2.14. The standard InChI is InChI=1S/C16H18BrNO2/c1-19-15-7-6-14(17)10-13(15)11-20-16-5-3-2-4-12(16)8-9-18/h2-7,10H,8-9,11,18H2,1H3. The minimum Gasteiger partial charge on any atom is -0.496 e. The Morgan fingerprint density at radius 3 is 2.60 bits per heavy atom. The van der Waals surface area contributed by atoms with Gasteiger partial charge in [-0.05, 0) is 42.8 Å². The molecule has 0 saturated heterocycles. The van der Waals surface area contributed by atoms with Crippen molar-refractivity contribution in [1.29, 1.82) is 0 Å². The van der Waals surface area contributed by atoms with Crippen molar-refractivity contribution in [3.05, 3.63) is 58.1 Å². The first kappa shape index (κ1) is 14.9. The van der Waals surface area contributed by atoms with Crippen LogP contribution in [-0.4, -0.2) is 13.7 Å². The maximum Gasteiger partial charge on any atom is 0.125 e. The van der Waals surface area contributed by atoms with Crippen LogP contribution in [0.5, 0.6) is 11.5 Å². The van der Waals surface area contributed by atoms with Gasteiger partial charge in [-0.25, -0.2) is 0 Å². The topological polar surface area (TPSA) is 44.5 Å². The predicted molar refractivity (Wildman–Crippen MR) is 84.2 cm³/mol.